The van der Waals surface area contributed by atoms with Gasteiger partial charge in [0.15, 0.2) is 5.65 Å². The normalized spacial score (nSPS) is 19.9. The van der Waals surface area contributed by atoms with Gasteiger partial charge in [0, 0.05) is 4.88 Å². The highest BCUT2D eigenvalue weighted by atomic mass is 32.1. The largest absolute Gasteiger partial charge is 0.271 e. The van der Waals surface area contributed by atoms with Crippen LogP contribution in [0.15, 0.2) is 12.7 Å². The second-order valence-corrected chi connectivity index (χ2v) is 5.80. The minimum Gasteiger partial charge on any atom is -0.271 e. The zero-order valence-electron chi connectivity index (χ0n) is 9.55. The maximum atomic E-state index is 4.52. The Bertz CT molecular complexity index is 712. The van der Waals surface area contributed by atoms with Crippen LogP contribution in [-0.2, 0) is 6.42 Å². The van der Waals surface area contributed by atoms with Gasteiger partial charge in [-0.25, -0.2) is 4.98 Å². The number of nitrogens with zero attached hydrogens (tertiary/aromatic N) is 4. The maximum Gasteiger partial charge on any atom is 0.172 e. The summed E-state index contributed by atoms with van der Waals surface area (Å²) in [6, 6.07) is 0. The molecule has 4 nitrogen and oxygen atoms in total. The van der Waals surface area contributed by atoms with E-state index in [0.717, 1.165) is 10.5 Å². The fourth-order valence-electron chi connectivity index (χ4n) is 2.83. The van der Waals surface area contributed by atoms with E-state index in [1.54, 1.807) is 6.33 Å². The van der Waals surface area contributed by atoms with Crippen LogP contribution in [-0.4, -0.2) is 19.6 Å². The van der Waals surface area contributed by atoms with Gasteiger partial charge in [-0.15, -0.1) is 21.5 Å². The van der Waals surface area contributed by atoms with Gasteiger partial charge >= 0.3 is 0 Å². The van der Waals surface area contributed by atoms with Gasteiger partial charge in [-0.3, -0.25) is 4.40 Å². The Balaban J connectivity index is 2.21. The van der Waals surface area contributed by atoms with Crippen molar-refractivity contribution >= 4 is 27.2 Å². The molecule has 0 aliphatic heterocycles. The van der Waals surface area contributed by atoms with Gasteiger partial charge in [0.25, 0.3) is 0 Å². The fraction of sp³-hybridized carbons (Fsp3) is 0.417. The Kier molecular flexibility index (Phi) is 1.83. The van der Waals surface area contributed by atoms with Crippen molar-refractivity contribution < 1.29 is 0 Å². The van der Waals surface area contributed by atoms with E-state index in [9.17, 15) is 0 Å². The molecule has 3 aromatic heterocycles. The second kappa shape index (κ2) is 3.26. The molecule has 1 atom stereocenters. The molecule has 0 amide bonds. The molecule has 4 rings (SSSR count). The summed E-state index contributed by atoms with van der Waals surface area (Å²) >= 11 is 1.83. The second-order valence-electron chi connectivity index (χ2n) is 4.72. The molecule has 3 heterocycles. The summed E-state index contributed by atoms with van der Waals surface area (Å²) in [6.45, 7) is 2.31. The van der Waals surface area contributed by atoms with Crippen LogP contribution in [0.2, 0.25) is 0 Å². The minimum absolute atomic E-state index is 0.622. The topological polar surface area (TPSA) is 43.1 Å². The van der Waals surface area contributed by atoms with Crippen molar-refractivity contribution in [2.45, 2.75) is 32.1 Å². The number of thiophene rings is 1. The molecular formula is C12H12N4S. The molecule has 0 bridgehead atoms. The lowest BCUT2D eigenvalue weighted by Crippen LogP contribution is -2.04. The van der Waals surface area contributed by atoms with Crippen LogP contribution in [0.1, 0.15) is 36.1 Å². The van der Waals surface area contributed by atoms with E-state index in [1.165, 1.54) is 35.1 Å². The average Bonchev–Trinajstić information content (AvgIpc) is 2.91. The molecule has 86 valence electrons. The molecular weight excluding hydrogens is 232 g/mol. The number of aryl methyl sites for hydroxylation is 1. The zero-order valence-corrected chi connectivity index (χ0v) is 10.4. The van der Waals surface area contributed by atoms with Crippen molar-refractivity contribution in [3.63, 3.8) is 0 Å². The molecule has 5 heteroatoms. The molecule has 0 radical (unpaired) electrons. The van der Waals surface area contributed by atoms with Gasteiger partial charge in [-0.1, -0.05) is 6.92 Å². The number of rotatable bonds is 0. The quantitative estimate of drug-likeness (QED) is 0.610. The summed E-state index contributed by atoms with van der Waals surface area (Å²) in [7, 11) is 0. The van der Waals surface area contributed by atoms with Crippen LogP contribution >= 0.6 is 11.3 Å². The van der Waals surface area contributed by atoms with Crippen molar-refractivity contribution in [3.05, 3.63) is 23.1 Å². The summed E-state index contributed by atoms with van der Waals surface area (Å²) in [5.41, 5.74) is 2.43. The predicted octanol–water partition coefficient (Wildman–Crippen LogP) is 2.78. The summed E-state index contributed by atoms with van der Waals surface area (Å²) in [5, 5.41) is 9.46. The van der Waals surface area contributed by atoms with Crippen molar-refractivity contribution in [2.24, 2.45) is 0 Å². The van der Waals surface area contributed by atoms with E-state index in [1.807, 2.05) is 22.1 Å². The van der Waals surface area contributed by atoms with E-state index < -0.39 is 0 Å². The molecule has 0 saturated heterocycles. The highest BCUT2D eigenvalue weighted by Gasteiger charge is 2.24. The van der Waals surface area contributed by atoms with E-state index in [-0.39, 0.29) is 0 Å². The lowest BCUT2D eigenvalue weighted by Gasteiger charge is -2.18. The molecule has 17 heavy (non-hydrogen) atoms. The monoisotopic (exact) mass is 244 g/mol. The van der Waals surface area contributed by atoms with Gasteiger partial charge in [0.1, 0.15) is 17.5 Å². The first-order valence-electron chi connectivity index (χ1n) is 5.94. The van der Waals surface area contributed by atoms with Gasteiger partial charge < -0.3 is 0 Å². The molecule has 1 aliphatic rings. The molecule has 1 aliphatic carbocycles. The summed E-state index contributed by atoms with van der Waals surface area (Å²) in [5.74, 6) is 0.622. The Morgan fingerprint density at radius 1 is 1.41 bits per heavy atom. The average molecular weight is 244 g/mol. The van der Waals surface area contributed by atoms with Crippen molar-refractivity contribution in [1.82, 2.24) is 19.6 Å². The van der Waals surface area contributed by atoms with E-state index >= 15 is 0 Å². The zero-order chi connectivity index (χ0) is 11.4. The van der Waals surface area contributed by atoms with Crippen molar-refractivity contribution in [3.8, 4) is 0 Å². The highest BCUT2D eigenvalue weighted by Crippen LogP contribution is 2.42. The molecule has 3 aromatic rings. The summed E-state index contributed by atoms with van der Waals surface area (Å²) in [6.07, 6.45) is 7.29. The Labute approximate surface area is 102 Å². The number of hydrogen-bond acceptors (Lipinski definition) is 4. The highest BCUT2D eigenvalue weighted by molar-refractivity contribution is 7.19. The minimum atomic E-state index is 0.622. The van der Waals surface area contributed by atoms with Crippen LogP contribution in [0.5, 0.6) is 0 Å². The summed E-state index contributed by atoms with van der Waals surface area (Å²) < 4.78 is 1.91. The van der Waals surface area contributed by atoms with E-state index in [2.05, 4.69) is 22.1 Å². The summed E-state index contributed by atoms with van der Waals surface area (Å²) in [4.78, 5) is 7.14. The van der Waals surface area contributed by atoms with Crippen molar-refractivity contribution in [2.75, 3.05) is 0 Å². The third-order valence-corrected chi connectivity index (χ3v) is 4.81. The van der Waals surface area contributed by atoms with Crippen LogP contribution in [0.25, 0.3) is 15.9 Å². The van der Waals surface area contributed by atoms with Crippen LogP contribution in [0.4, 0.5) is 0 Å². The predicted molar refractivity (Wildman–Crippen MR) is 67.5 cm³/mol. The first-order valence-corrected chi connectivity index (χ1v) is 6.76. The van der Waals surface area contributed by atoms with Crippen LogP contribution in [0, 0.1) is 0 Å². The van der Waals surface area contributed by atoms with E-state index in [4.69, 9.17) is 0 Å². The molecule has 0 saturated carbocycles. The SMILES string of the molecule is C[C@H]1CCCc2sc3ncn4cnnc4c3c21. The van der Waals surface area contributed by atoms with Crippen molar-refractivity contribution in [1.29, 1.82) is 0 Å². The lowest BCUT2D eigenvalue weighted by atomic mass is 9.87. The Morgan fingerprint density at radius 3 is 3.29 bits per heavy atom. The van der Waals surface area contributed by atoms with Crippen LogP contribution in [0.3, 0.4) is 0 Å². The Morgan fingerprint density at radius 2 is 2.35 bits per heavy atom. The molecule has 0 fully saturated rings. The lowest BCUT2D eigenvalue weighted by molar-refractivity contribution is 0.602. The van der Waals surface area contributed by atoms with Gasteiger partial charge in [-0.05, 0) is 30.7 Å². The first kappa shape index (κ1) is 9.53. The van der Waals surface area contributed by atoms with Gasteiger partial charge in [-0.2, -0.15) is 0 Å². The third-order valence-electron chi connectivity index (χ3n) is 3.63. The molecule has 0 spiro atoms. The van der Waals surface area contributed by atoms with E-state index in [0.29, 0.717) is 5.92 Å². The smallest absolute Gasteiger partial charge is 0.172 e. The maximum absolute atomic E-state index is 4.52. The third kappa shape index (κ3) is 1.20. The molecule has 0 aromatic carbocycles. The Hall–Kier alpha value is -1.49. The number of hydrogen-bond donors (Lipinski definition) is 0. The van der Waals surface area contributed by atoms with Gasteiger partial charge in [0.05, 0.1) is 5.39 Å². The molecule has 0 N–H and O–H groups in total. The standard InChI is InChI=1S/C12H12N4S/c1-7-3-2-4-8-9(7)10-11-15-14-6-16(11)5-13-12(10)17-8/h5-7H,2-4H2,1H3/t7-/m0/s1. The number of fused-ring (bicyclic) bond motifs is 5. The van der Waals surface area contributed by atoms with Crippen LogP contribution < -0.4 is 0 Å². The number of aromatic nitrogens is 4. The molecule has 0 unspecified atom stereocenters. The first-order chi connectivity index (χ1) is 8.34. The fourth-order valence-corrected chi connectivity index (χ4v) is 4.12. The van der Waals surface area contributed by atoms with Gasteiger partial charge in [0.2, 0.25) is 0 Å².